The molecule has 2 unspecified atom stereocenters. The van der Waals surface area contributed by atoms with Crippen molar-refractivity contribution in [1.29, 1.82) is 0 Å². The zero-order valence-corrected chi connectivity index (χ0v) is 8.42. The summed E-state index contributed by atoms with van der Waals surface area (Å²) < 4.78 is 5.08. The summed E-state index contributed by atoms with van der Waals surface area (Å²) in [5, 5.41) is 3.31. The van der Waals surface area contributed by atoms with Crippen molar-refractivity contribution in [3.8, 4) is 12.3 Å². The van der Waals surface area contributed by atoms with E-state index >= 15 is 0 Å². The predicted molar refractivity (Wildman–Crippen MR) is 51.9 cm³/mol. The van der Waals surface area contributed by atoms with Gasteiger partial charge in [0.2, 0.25) is 0 Å². The molecule has 0 saturated carbocycles. The average molecular weight is 169 g/mol. The van der Waals surface area contributed by atoms with Crippen LogP contribution in [0.4, 0.5) is 0 Å². The average Bonchev–Trinajstić information content (AvgIpc) is 2.03. The summed E-state index contributed by atoms with van der Waals surface area (Å²) in [6, 6.07) is 0.466. The van der Waals surface area contributed by atoms with Crippen LogP contribution in [0.15, 0.2) is 0 Å². The van der Waals surface area contributed by atoms with Crippen LogP contribution in [-0.4, -0.2) is 25.8 Å². The van der Waals surface area contributed by atoms with Gasteiger partial charge in [-0.25, -0.2) is 0 Å². The topological polar surface area (TPSA) is 21.3 Å². The SMILES string of the molecule is C#CC(C)NC(COC)C(C)C. The van der Waals surface area contributed by atoms with Gasteiger partial charge in [0.25, 0.3) is 0 Å². The van der Waals surface area contributed by atoms with Crippen LogP contribution < -0.4 is 5.32 Å². The number of terminal acetylenes is 1. The molecule has 2 nitrogen and oxygen atoms in total. The van der Waals surface area contributed by atoms with Crippen LogP contribution in [0.3, 0.4) is 0 Å². The monoisotopic (exact) mass is 169 g/mol. The molecule has 0 aliphatic heterocycles. The minimum atomic E-state index is 0.118. The van der Waals surface area contributed by atoms with Crippen molar-refractivity contribution in [2.75, 3.05) is 13.7 Å². The maximum Gasteiger partial charge on any atom is 0.0661 e. The molecule has 0 spiro atoms. The van der Waals surface area contributed by atoms with E-state index < -0.39 is 0 Å². The van der Waals surface area contributed by atoms with Gasteiger partial charge in [-0.2, -0.15) is 0 Å². The molecule has 0 amide bonds. The van der Waals surface area contributed by atoms with E-state index in [-0.39, 0.29) is 6.04 Å². The van der Waals surface area contributed by atoms with Crippen molar-refractivity contribution in [3.05, 3.63) is 0 Å². The van der Waals surface area contributed by atoms with Crippen molar-refractivity contribution >= 4 is 0 Å². The van der Waals surface area contributed by atoms with Gasteiger partial charge in [-0.1, -0.05) is 19.8 Å². The molecule has 0 heterocycles. The lowest BCUT2D eigenvalue weighted by atomic mass is 10.0. The van der Waals surface area contributed by atoms with Crippen LogP contribution in [0.1, 0.15) is 20.8 Å². The van der Waals surface area contributed by atoms with Crippen LogP contribution in [0.2, 0.25) is 0 Å². The molecule has 0 fully saturated rings. The highest BCUT2D eigenvalue weighted by atomic mass is 16.5. The van der Waals surface area contributed by atoms with Gasteiger partial charge in [0, 0.05) is 13.2 Å². The highest BCUT2D eigenvalue weighted by molar-refractivity contribution is 4.97. The second-order valence-electron chi connectivity index (χ2n) is 3.36. The summed E-state index contributed by atoms with van der Waals surface area (Å²) in [5.74, 6) is 3.18. The molecule has 0 saturated heterocycles. The summed E-state index contributed by atoms with van der Waals surface area (Å²) in [6.45, 7) is 6.99. The molecule has 0 bridgehead atoms. The normalized spacial score (nSPS) is 15.7. The van der Waals surface area contributed by atoms with E-state index in [1.165, 1.54) is 0 Å². The van der Waals surface area contributed by atoms with Crippen molar-refractivity contribution in [3.63, 3.8) is 0 Å². The summed E-state index contributed by atoms with van der Waals surface area (Å²) >= 11 is 0. The molecular weight excluding hydrogens is 150 g/mol. The quantitative estimate of drug-likeness (QED) is 0.626. The fourth-order valence-corrected chi connectivity index (χ4v) is 0.982. The van der Waals surface area contributed by atoms with E-state index in [0.29, 0.717) is 18.6 Å². The Morgan fingerprint density at radius 3 is 2.33 bits per heavy atom. The first-order chi connectivity index (χ1) is 5.61. The highest BCUT2D eigenvalue weighted by Crippen LogP contribution is 2.02. The van der Waals surface area contributed by atoms with Crippen LogP contribution in [0.5, 0.6) is 0 Å². The maximum atomic E-state index is 5.26. The smallest absolute Gasteiger partial charge is 0.0661 e. The highest BCUT2D eigenvalue weighted by Gasteiger charge is 2.13. The van der Waals surface area contributed by atoms with Gasteiger partial charge < -0.3 is 4.74 Å². The fourth-order valence-electron chi connectivity index (χ4n) is 0.982. The number of hydrogen-bond donors (Lipinski definition) is 1. The van der Waals surface area contributed by atoms with E-state index in [1.807, 2.05) is 6.92 Å². The molecule has 0 rings (SSSR count). The second kappa shape index (κ2) is 6.05. The van der Waals surface area contributed by atoms with Crippen LogP contribution in [0.25, 0.3) is 0 Å². The van der Waals surface area contributed by atoms with Gasteiger partial charge in [0.15, 0.2) is 0 Å². The van der Waals surface area contributed by atoms with Crippen molar-refractivity contribution in [2.45, 2.75) is 32.9 Å². The summed E-state index contributed by atoms with van der Waals surface area (Å²) in [5.41, 5.74) is 0. The predicted octanol–water partition coefficient (Wildman–Crippen LogP) is 1.27. The number of methoxy groups -OCH3 is 1. The van der Waals surface area contributed by atoms with Gasteiger partial charge in [-0.3, -0.25) is 5.32 Å². The minimum absolute atomic E-state index is 0.118. The largest absolute Gasteiger partial charge is 0.383 e. The molecule has 0 aromatic rings. The molecule has 1 N–H and O–H groups in total. The summed E-state index contributed by atoms with van der Waals surface area (Å²) in [6.07, 6.45) is 5.26. The van der Waals surface area contributed by atoms with E-state index in [9.17, 15) is 0 Å². The molecule has 0 aromatic heterocycles. The first-order valence-electron chi connectivity index (χ1n) is 4.33. The summed E-state index contributed by atoms with van der Waals surface area (Å²) in [4.78, 5) is 0. The Hall–Kier alpha value is -0.520. The Labute approximate surface area is 75.7 Å². The fraction of sp³-hybridized carbons (Fsp3) is 0.800. The van der Waals surface area contributed by atoms with Crippen molar-refractivity contribution < 1.29 is 4.74 Å². The molecular formula is C10H19NO. The molecule has 0 aliphatic rings. The lowest BCUT2D eigenvalue weighted by Crippen LogP contribution is -2.42. The third kappa shape index (κ3) is 4.38. The van der Waals surface area contributed by atoms with Gasteiger partial charge in [-0.15, -0.1) is 6.42 Å². The van der Waals surface area contributed by atoms with Crippen molar-refractivity contribution in [1.82, 2.24) is 5.32 Å². The van der Waals surface area contributed by atoms with E-state index in [0.717, 1.165) is 0 Å². The van der Waals surface area contributed by atoms with Crippen LogP contribution in [0, 0.1) is 18.3 Å². The maximum absolute atomic E-state index is 5.26. The standard InChI is InChI=1S/C10H19NO/c1-6-9(4)11-10(7-12-5)8(2)3/h1,8-11H,7H2,2-5H3. The third-order valence-corrected chi connectivity index (χ3v) is 1.87. The first kappa shape index (κ1) is 11.5. The molecule has 0 aromatic carbocycles. The van der Waals surface area contributed by atoms with Gasteiger partial charge in [0.1, 0.15) is 0 Å². The van der Waals surface area contributed by atoms with E-state index in [2.05, 4.69) is 25.1 Å². The van der Waals surface area contributed by atoms with Gasteiger partial charge >= 0.3 is 0 Å². The number of nitrogens with one attached hydrogen (secondary N) is 1. The lowest BCUT2D eigenvalue weighted by Gasteiger charge is -2.23. The number of hydrogen-bond acceptors (Lipinski definition) is 2. The lowest BCUT2D eigenvalue weighted by molar-refractivity contribution is 0.145. The molecule has 70 valence electrons. The van der Waals surface area contributed by atoms with Gasteiger partial charge in [-0.05, 0) is 12.8 Å². The molecule has 0 aliphatic carbocycles. The van der Waals surface area contributed by atoms with E-state index in [1.54, 1.807) is 7.11 Å². The van der Waals surface area contributed by atoms with Crippen LogP contribution in [-0.2, 0) is 4.74 Å². The van der Waals surface area contributed by atoms with E-state index in [4.69, 9.17) is 11.2 Å². The molecule has 2 heteroatoms. The zero-order valence-electron chi connectivity index (χ0n) is 8.42. The third-order valence-electron chi connectivity index (χ3n) is 1.87. The Kier molecular flexibility index (Phi) is 5.79. The van der Waals surface area contributed by atoms with Crippen LogP contribution >= 0.6 is 0 Å². The summed E-state index contributed by atoms with van der Waals surface area (Å²) in [7, 11) is 1.71. The molecule has 2 atom stereocenters. The Bertz CT molecular complexity index is 148. The van der Waals surface area contributed by atoms with Gasteiger partial charge in [0.05, 0.1) is 12.6 Å². The second-order valence-corrected chi connectivity index (χ2v) is 3.36. The molecule has 12 heavy (non-hydrogen) atoms. The Balaban J connectivity index is 3.88. The molecule has 0 radical (unpaired) electrons. The first-order valence-corrected chi connectivity index (χ1v) is 4.33. The zero-order chi connectivity index (χ0) is 9.56. The van der Waals surface area contributed by atoms with Crippen molar-refractivity contribution in [2.24, 2.45) is 5.92 Å². The Morgan fingerprint density at radius 2 is 2.00 bits per heavy atom. The number of ether oxygens (including phenoxy) is 1. The Morgan fingerprint density at radius 1 is 1.42 bits per heavy atom. The number of rotatable bonds is 5. The minimum Gasteiger partial charge on any atom is -0.383 e.